The molecular weight excluding hydrogens is 240 g/mol. The lowest BCUT2D eigenvalue weighted by Crippen LogP contribution is -2.31. The molecule has 1 saturated carbocycles. The minimum Gasteiger partial charge on any atom is -0.469 e. The van der Waals surface area contributed by atoms with Crippen molar-refractivity contribution in [3.63, 3.8) is 0 Å². The van der Waals surface area contributed by atoms with Crippen LogP contribution in [0.2, 0.25) is 0 Å². The second kappa shape index (κ2) is 6.71. The van der Waals surface area contributed by atoms with Gasteiger partial charge in [-0.15, -0.1) is 0 Å². The number of esters is 1. The molecule has 1 unspecified atom stereocenters. The van der Waals surface area contributed by atoms with E-state index in [4.69, 9.17) is 4.74 Å². The van der Waals surface area contributed by atoms with Crippen LogP contribution in [0.1, 0.15) is 37.2 Å². The zero-order chi connectivity index (χ0) is 13.7. The van der Waals surface area contributed by atoms with Gasteiger partial charge in [-0.3, -0.25) is 4.79 Å². The van der Waals surface area contributed by atoms with Crippen LogP contribution >= 0.6 is 0 Å². The summed E-state index contributed by atoms with van der Waals surface area (Å²) in [5.41, 5.74) is 1.39. The average Bonchev–Trinajstić information content (AvgIpc) is 2.49. The Morgan fingerprint density at radius 1 is 1.26 bits per heavy atom. The summed E-state index contributed by atoms with van der Waals surface area (Å²) in [5.74, 6) is 0.235. The van der Waals surface area contributed by atoms with Gasteiger partial charge in [0, 0.05) is 0 Å². The van der Waals surface area contributed by atoms with Crippen molar-refractivity contribution in [3.8, 4) is 0 Å². The maximum absolute atomic E-state index is 11.6. The van der Waals surface area contributed by atoms with Gasteiger partial charge in [0.25, 0.3) is 0 Å². The molecule has 3 heteroatoms. The number of carbonyl (C=O) groups excluding carboxylic acids is 1. The van der Waals surface area contributed by atoms with Crippen LogP contribution in [0, 0.1) is 11.8 Å². The fourth-order valence-corrected chi connectivity index (χ4v) is 3.15. The standard InChI is InChI=1S/C16H22O3/c1-19-16(18)15(11-17)14-9-7-13(8-10-14)12-5-3-2-4-6-12/h2-6,13-15,17H,7-11H2,1H3. The highest BCUT2D eigenvalue weighted by atomic mass is 16.5. The number of benzene rings is 1. The van der Waals surface area contributed by atoms with E-state index in [2.05, 4.69) is 24.3 Å². The van der Waals surface area contributed by atoms with Gasteiger partial charge in [0.05, 0.1) is 19.6 Å². The highest BCUT2D eigenvalue weighted by Crippen LogP contribution is 2.38. The molecule has 1 aromatic carbocycles. The van der Waals surface area contributed by atoms with Gasteiger partial charge in [0.1, 0.15) is 0 Å². The highest BCUT2D eigenvalue weighted by Gasteiger charge is 2.32. The molecule has 0 bridgehead atoms. The Morgan fingerprint density at radius 3 is 2.42 bits per heavy atom. The van der Waals surface area contributed by atoms with Crippen LogP contribution in [-0.4, -0.2) is 24.8 Å². The van der Waals surface area contributed by atoms with Crippen LogP contribution in [0.4, 0.5) is 0 Å². The van der Waals surface area contributed by atoms with Crippen molar-refractivity contribution in [2.24, 2.45) is 11.8 Å². The first-order valence-electron chi connectivity index (χ1n) is 7.00. The van der Waals surface area contributed by atoms with Crippen molar-refractivity contribution >= 4 is 5.97 Å². The van der Waals surface area contributed by atoms with Crippen LogP contribution in [-0.2, 0) is 9.53 Å². The molecule has 1 N–H and O–H groups in total. The lowest BCUT2D eigenvalue weighted by atomic mass is 9.74. The number of aliphatic hydroxyl groups is 1. The first kappa shape index (κ1) is 14.1. The van der Waals surface area contributed by atoms with Gasteiger partial charge in [0.2, 0.25) is 0 Å². The minimum atomic E-state index is -0.346. The van der Waals surface area contributed by atoms with E-state index in [1.54, 1.807) is 0 Å². The predicted molar refractivity (Wildman–Crippen MR) is 73.7 cm³/mol. The zero-order valence-electron chi connectivity index (χ0n) is 11.4. The molecule has 1 aliphatic rings. The summed E-state index contributed by atoms with van der Waals surface area (Å²) in [6.45, 7) is -0.104. The van der Waals surface area contributed by atoms with Crippen LogP contribution in [0.15, 0.2) is 30.3 Å². The van der Waals surface area contributed by atoms with Crippen molar-refractivity contribution < 1.29 is 14.6 Å². The molecule has 1 aliphatic carbocycles. The molecule has 1 aromatic rings. The average molecular weight is 262 g/mol. The summed E-state index contributed by atoms with van der Waals surface area (Å²) >= 11 is 0. The minimum absolute atomic E-state index is 0.104. The highest BCUT2D eigenvalue weighted by molar-refractivity contribution is 5.72. The van der Waals surface area contributed by atoms with Crippen LogP contribution in [0.5, 0.6) is 0 Å². The normalized spacial score (nSPS) is 24.7. The Hall–Kier alpha value is -1.35. The summed E-state index contributed by atoms with van der Waals surface area (Å²) in [7, 11) is 1.39. The molecule has 104 valence electrons. The molecule has 19 heavy (non-hydrogen) atoms. The SMILES string of the molecule is COC(=O)C(CO)C1CCC(c2ccccc2)CC1. The van der Waals surface area contributed by atoms with Crippen molar-refractivity contribution in [1.82, 2.24) is 0 Å². The van der Waals surface area contributed by atoms with E-state index in [0.29, 0.717) is 5.92 Å². The molecule has 1 fully saturated rings. The predicted octanol–water partition coefficient (Wildman–Crippen LogP) is 2.74. The van der Waals surface area contributed by atoms with Gasteiger partial charge in [-0.05, 0) is 43.1 Å². The van der Waals surface area contributed by atoms with E-state index in [1.165, 1.54) is 12.7 Å². The molecule has 0 amide bonds. The van der Waals surface area contributed by atoms with E-state index in [9.17, 15) is 9.90 Å². The van der Waals surface area contributed by atoms with E-state index in [1.807, 2.05) is 6.07 Å². The molecular formula is C16H22O3. The lowest BCUT2D eigenvalue weighted by molar-refractivity contribution is -0.149. The molecule has 0 saturated heterocycles. The second-order valence-corrected chi connectivity index (χ2v) is 5.33. The Bertz CT molecular complexity index is 394. The van der Waals surface area contributed by atoms with Crippen LogP contribution < -0.4 is 0 Å². The third-order valence-corrected chi connectivity index (χ3v) is 4.31. The molecule has 0 radical (unpaired) electrons. The number of methoxy groups -OCH3 is 1. The summed E-state index contributed by atoms with van der Waals surface area (Å²) in [4.78, 5) is 11.6. The van der Waals surface area contributed by atoms with E-state index in [0.717, 1.165) is 25.7 Å². The summed E-state index contributed by atoms with van der Waals surface area (Å²) in [5, 5.41) is 9.36. The van der Waals surface area contributed by atoms with Gasteiger partial charge in [0.15, 0.2) is 0 Å². The number of ether oxygens (including phenoxy) is 1. The topological polar surface area (TPSA) is 46.5 Å². The van der Waals surface area contributed by atoms with Crippen molar-refractivity contribution in [2.45, 2.75) is 31.6 Å². The van der Waals surface area contributed by atoms with Gasteiger partial charge < -0.3 is 9.84 Å². The van der Waals surface area contributed by atoms with Crippen molar-refractivity contribution in [2.75, 3.05) is 13.7 Å². The second-order valence-electron chi connectivity index (χ2n) is 5.33. The van der Waals surface area contributed by atoms with Crippen molar-refractivity contribution in [1.29, 1.82) is 0 Å². The van der Waals surface area contributed by atoms with E-state index in [-0.39, 0.29) is 24.4 Å². The Balaban J connectivity index is 1.93. The molecule has 0 aliphatic heterocycles. The Morgan fingerprint density at radius 2 is 1.89 bits per heavy atom. The smallest absolute Gasteiger partial charge is 0.311 e. The summed E-state index contributed by atoms with van der Waals surface area (Å²) in [6, 6.07) is 10.5. The lowest BCUT2D eigenvalue weighted by Gasteiger charge is -2.32. The number of hydrogen-bond acceptors (Lipinski definition) is 3. The fourth-order valence-electron chi connectivity index (χ4n) is 3.15. The molecule has 0 spiro atoms. The number of carbonyl (C=O) groups is 1. The monoisotopic (exact) mass is 262 g/mol. The van der Waals surface area contributed by atoms with Gasteiger partial charge >= 0.3 is 5.97 Å². The Labute approximate surface area is 114 Å². The van der Waals surface area contributed by atoms with Crippen molar-refractivity contribution in [3.05, 3.63) is 35.9 Å². The molecule has 0 heterocycles. The quantitative estimate of drug-likeness (QED) is 0.849. The first-order valence-corrected chi connectivity index (χ1v) is 7.00. The number of aliphatic hydroxyl groups excluding tert-OH is 1. The van der Waals surface area contributed by atoms with Gasteiger partial charge in [-0.1, -0.05) is 30.3 Å². The number of hydrogen-bond donors (Lipinski definition) is 1. The fraction of sp³-hybridized carbons (Fsp3) is 0.562. The summed E-state index contributed by atoms with van der Waals surface area (Å²) < 4.78 is 4.77. The molecule has 1 atom stereocenters. The summed E-state index contributed by atoms with van der Waals surface area (Å²) in [6.07, 6.45) is 4.14. The van der Waals surface area contributed by atoms with Crippen LogP contribution in [0.3, 0.4) is 0 Å². The van der Waals surface area contributed by atoms with Gasteiger partial charge in [-0.2, -0.15) is 0 Å². The number of rotatable bonds is 4. The molecule has 3 nitrogen and oxygen atoms in total. The Kier molecular flexibility index (Phi) is 4.97. The third-order valence-electron chi connectivity index (χ3n) is 4.31. The largest absolute Gasteiger partial charge is 0.469 e. The molecule has 0 aromatic heterocycles. The van der Waals surface area contributed by atoms with Gasteiger partial charge in [-0.25, -0.2) is 0 Å². The third kappa shape index (κ3) is 3.35. The maximum atomic E-state index is 11.6. The van der Waals surface area contributed by atoms with E-state index < -0.39 is 0 Å². The van der Waals surface area contributed by atoms with Crippen LogP contribution in [0.25, 0.3) is 0 Å². The zero-order valence-corrected chi connectivity index (χ0v) is 11.4. The first-order chi connectivity index (χ1) is 9.26. The molecule has 2 rings (SSSR count). The maximum Gasteiger partial charge on any atom is 0.311 e. The van der Waals surface area contributed by atoms with E-state index >= 15 is 0 Å².